The number of aliphatic imine (C=N–C) groups is 1. The average molecular weight is 426 g/mol. The smallest absolute Gasteiger partial charge is 0.410 e. The first kappa shape index (κ1) is 23.3. The Morgan fingerprint density at radius 2 is 2.00 bits per heavy atom. The third kappa shape index (κ3) is 11.6. The number of carbonyl (C=O) groups excluding carboxylic acids is 1. The minimum atomic E-state index is -0.469. The third-order valence-corrected chi connectivity index (χ3v) is 2.55. The Kier molecular flexibility index (Phi) is 12.2. The van der Waals surface area contributed by atoms with E-state index in [2.05, 4.69) is 29.1 Å². The van der Waals surface area contributed by atoms with Crippen LogP contribution in [0.4, 0.5) is 4.79 Å². The van der Waals surface area contributed by atoms with Crippen LogP contribution in [0.15, 0.2) is 17.6 Å². The molecule has 0 fully saturated rings. The van der Waals surface area contributed by atoms with Crippen molar-refractivity contribution in [2.45, 2.75) is 33.3 Å². The molecule has 0 saturated carbocycles. The molecule has 0 heterocycles. The summed E-state index contributed by atoms with van der Waals surface area (Å²) in [6, 6.07) is 0. The van der Waals surface area contributed by atoms with Gasteiger partial charge in [-0.25, -0.2) is 4.79 Å². The zero-order chi connectivity index (χ0) is 16.5. The van der Waals surface area contributed by atoms with Crippen molar-refractivity contribution in [2.24, 2.45) is 10.9 Å². The fraction of sp³-hybridized carbons (Fsp3) is 0.733. The number of ether oxygens (including phenoxy) is 1. The Morgan fingerprint density at radius 3 is 2.45 bits per heavy atom. The summed E-state index contributed by atoms with van der Waals surface area (Å²) in [5.41, 5.74) is -0.469. The molecule has 1 atom stereocenters. The van der Waals surface area contributed by atoms with Gasteiger partial charge in [0.25, 0.3) is 0 Å². The maximum atomic E-state index is 11.9. The second kappa shape index (κ2) is 11.6. The summed E-state index contributed by atoms with van der Waals surface area (Å²) in [5.74, 6) is 0.992. The minimum Gasteiger partial charge on any atom is -0.444 e. The number of hydrogen-bond donors (Lipinski definition) is 2. The number of guanidine groups is 1. The van der Waals surface area contributed by atoms with Crippen LogP contribution in [0.1, 0.15) is 27.7 Å². The summed E-state index contributed by atoms with van der Waals surface area (Å²) < 4.78 is 5.32. The van der Waals surface area contributed by atoms with Gasteiger partial charge in [0.1, 0.15) is 5.60 Å². The van der Waals surface area contributed by atoms with Crippen LogP contribution >= 0.6 is 24.0 Å². The third-order valence-electron chi connectivity index (χ3n) is 2.55. The van der Waals surface area contributed by atoms with E-state index in [0.717, 1.165) is 5.96 Å². The number of nitrogens with zero attached hydrogens (tertiary/aromatic N) is 2. The lowest BCUT2D eigenvalue weighted by Gasteiger charge is -2.26. The summed E-state index contributed by atoms with van der Waals surface area (Å²) in [4.78, 5) is 17.6. The molecule has 0 aromatic carbocycles. The van der Waals surface area contributed by atoms with Crippen LogP contribution in [0, 0.1) is 5.92 Å². The Hall–Kier alpha value is -0.990. The van der Waals surface area contributed by atoms with Crippen molar-refractivity contribution < 1.29 is 9.53 Å². The monoisotopic (exact) mass is 426 g/mol. The van der Waals surface area contributed by atoms with Gasteiger partial charge in [-0.2, -0.15) is 0 Å². The van der Waals surface area contributed by atoms with E-state index in [9.17, 15) is 4.79 Å². The highest BCUT2D eigenvalue weighted by molar-refractivity contribution is 14.0. The van der Waals surface area contributed by atoms with Gasteiger partial charge in [0, 0.05) is 33.7 Å². The molecular weight excluding hydrogens is 395 g/mol. The zero-order valence-corrected chi connectivity index (χ0v) is 16.9. The summed E-state index contributed by atoms with van der Waals surface area (Å²) in [6.45, 7) is 13.3. The fourth-order valence-corrected chi connectivity index (χ4v) is 1.61. The summed E-state index contributed by atoms with van der Waals surface area (Å²) in [7, 11) is 3.46. The van der Waals surface area contributed by atoms with Crippen molar-refractivity contribution in [3.05, 3.63) is 12.7 Å². The van der Waals surface area contributed by atoms with Crippen LogP contribution in [0.2, 0.25) is 0 Å². The van der Waals surface area contributed by atoms with Crippen molar-refractivity contribution in [1.82, 2.24) is 15.5 Å². The molecule has 0 aromatic heterocycles. The maximum absolute atomic E-state index is 11.9. The molecule has 0 rings (SSSR count). The van der Waals surface area contributed by atoms with Gasteiger partial charge in [-0.3, -0.25) is 4.99 Å². The van der Waals surface area contributed by atoms with Crippen LogP contribution in [0.5, 0.6) is 0 Å². The molecule has 7 heteroatoms. The van der Waals surface area contributed by atoms with Crippen LogP contribution in [-0.2, 0) is 4.74 Å². The van der Waals surface area contributed by atoms with Crippen molar-refractivity contribution in [3.63, 3.8) is 0 Å². The summed E-state index contributed by atoms with van der Waals surface area (Å²) in [6.07, 6.45) is 1.47. The van der Waals surface area contributed by atoms with Gasteiger partial charge in [-0.1, -0.05) is 13.0 Å². The summed E-state index contributed by atoms with van der Waals surface area (Å²) >= 11 is 0. The second-order valence-electron chi connectivity index (χ2n) is 6.09. The number of rotatable bonds is 6. The van der Waals surface area contributed by atoms with E-state index in [-0.39, 0.29) is 36.0 Å². The highest BCUT2D eigenvalue weighted by Gasteiger charge is 2.20. The molecule has 1 unspecified atom stereocenters. The van der Waals surface area contributed by atoms with Crippen LogP contribution in [-0.4, -0.2) is 56.3 Å². The molecule has 22 heavy (non-hydrogen) atoms. The van der Waals surface area contributed by atoms with E-state index in [4.69, 9.17) is 4.74 Å². The number of hydrogen-bond acceptors (Lipinski definition) is 3. The molecule has 0 aliphatic rings. The lowest BCUT2D eigenvalue weighted by molar-refractivity contribution is 0.0278. The van der Waals surface area contributed by atoms with Crippen LogP contribution < -0.4 is 10.6 Å². The number of carbonyl (C=O) groups is 1. The Balaban J connectivity index is 0. The first-order valence-electron chi connectivity index (χ1n) is 7.19. The highest BCUT2D eigenvalue weighted by Crippen LogP contribution is 2.10. The molecule has 0 aromatic rings. The second-order valence-corrected chi connectivity index (χ2v) is 6.09. The molecule has 0 saturated heterocycles. The molecule has 2 N–H and O–H groups in total. The topological polar surface area (TPSA) is 66.0 Å². The van der Waals surface area contributed by atoms with Crippen molar-refractivity contribution in [3.8, 4) is 0 Å². The minimum absolute atomic E-state index is 0. The number of halogens is 1. The van der Waals surface area contributed by atoms with Gasteiger partial charge in [0.2, 0.25) is 0 Å². The Bertz CT molecular complexity index is 367. The van der Waals surface area contributed by atoms with E-state index in [1.54, 1.807) is 25.1 Å². The van der Waals surface area contributed by atoms with Crippen LogP contribution in [0.25, 0.3) is 0 Å². The van der Waals surface area contributed by atoms with Crippen LogP contribution in [0.3, 0.4) is 0 Å². The van der Waals surface area contributed by atoms with Crippen molar-refractivity contribution >= 4 is 36.0 Å². The lowest BCUT2D eigenvalue weighted by atomic mass is 10.1. The molecule has 0 bridgehead atoms. The standard InChI is InChI=1S/C15H30N4O2.HI/c1-8-9-17-13(16-6)18-10-12(2)11-19(7)14(20)21-15(3,4)5;/h8,12H,1,9-11H2,2-7H3,(H2,16,17,18);1H. The average Bonchev–Trinajstić information content (AvgIpc) is 2.36. The van der Waals surface area contributed by atoms with Gasteiger partial charge in [-0.05, 0) is 26.7 Å². The molecule has 1 amide bonds. The van der Waals surface area contributed by atoms with Crippen molar-refractivity contribution in [1.29, 1.82) is 0 Å². The molecule has 130 valence electrons. The van der Waals surface area contributed by atoms with E-state index >= 15 is 0 Å². The van der Waals surface area contributed by atoms with E-state index in [1.807, 2.05) is 20.8 Å². The van der Waals surface area contributed by atoms with E-state index in [0.29, 0.717) is 19.6 Å². The number of nitrogens with one attached hydrogen (secondary N) is 2. The largest absolute Gasteiger partial charge is 0.444 e. The molecular formula is C15H31IN4O2. The lowest BCUT2D eigenvalue weighted by Crippen LogP contribution is -2.42. The predicted molar refractivity (Wildman–Crippen MR) is 103 cm³/mol. The predicted octanol–water partition coefficient (Wildman–Crippen LogP) is 2.46. The van der Waals surface area contributed by atoms with Crippen molar-refractivity contribution in [2.75, 3.05) is 33.7 Å². The molecule has 0 aliphatic heterocycles. The molecule has 6 nitrogen and oxygen atoms in total. The van der Waals surface area contributed by atoms with Gasteiger partial charge in [0.15, 0.2) is 5.96 Å². The van der Waals surface area contributed by atoms with Gasteiger partial charge in [-0.15, -0.1) is 30.6 Å². The Morgan fingerprint density at radius 1 is 1.41 bits per heavy atom. The van der Waals surface area contributed by atoms with Gasteiger partial charge >= 0.3 is 6.09 Å². The SMILES string of the molecule is C=CCNC(=NC)NCC(C)CN(C)C(=O)OC(C)(C)C.I. The summed E-state index contributed by atoms with van der Waals surface area (Å²) in [5, 5.41) is 6.31. The molecule has 0 spiro atoms. The maximum Gasteiger partial charge on any atom is 0.410 e. The quantitative estimate of drug-likeness (QED) is 0.297. The normalized spacial score (nSPS) is 12.7. The highest BCUT2D eigenvalue weighted by atomic mass is 127. The van der Waals surface area contributed by atoms with E-state index in [1.165, 1.54) is 0 Å². The molecule has 0 radical (unpaired) electrons. The number of amides is 1. The molecule has 0 aliphatic carbocycles. The van der Waals surface area contributed by atoms with E-state index < -0.39 is 5.60 Å². The first-order chi connectivity index (χ1) is 9.69. The first-order valence-corrected chi connectivity index (χ1v) is 7.19. The fourth-order valence-electron chi connectivity index (χ4n) is 1.61. The van der Waals surface area contributed by atoms with Gasteiger partial charge in [0.05, 0.1) is 0 Å². The zero-order valence-electron chi connectivity index (χ0n) is 14.6. The van der Waals surface area contributed by atoms with Gasteiger partial charge < -0.3 is 20.3 Å². The Labute approximate surface area is 151 Å².